The van der Waals surface area contributed by atoms with Crippen LogP contribution in [0, 0.1) is 23.6 Å². The number of hydrogen-bond acceptors (Lipinski definition) is 8. The number of aromatic hydroxyl groups is 1. The van der Waals surface area contributed by atoms with Crippen LogP contribution in [0.4, 0.5) is 10.1 Å². The number of rotatable bonds is 4. The van der Waals surface area contributed by atoms with E-state index in [2.05, 4.69) is 10.6 Å². The van der Waals surface area contributed by atoms with Gasteiger partial charge < -0.3 is 31.7 Å². The number of amides is 2. The van der Waals surface area contributed by atoms with Crippen LogP contribution in [0.5, 0.6) is 5.75 Å². The van der Waals surface area contributed by atoms with Crippen molar-refractivity contribution in [1.82, 2.24) is 5.32 Å². The summed E-state index contributed by atoms with van der Waals surface area (Å²) in [7, 11) is 0. The highest BCUT2D eigenvalue weighted by Gasteiger charge is 2.51. The summed E-state index contributed by atoms with van der Waals surface area (Å²) >= 11 is 0. The minimum absolute atomic E-state index is 0.0319. The second-order valence-electron chi connectivity index (χ2n) is 10.5. The Balaban J connectivity index is 1.74. The number of phenols is 1. The Labute approximate surface area is 206 Å². The van der Waals surface area contributed by atoms with Gasteiger partial charge in [-0.15, -0.1) is 0 Å². The van der Waals surface area contributed by atoms with E-state index in [9.17, 15) is 34.5 Å². The topological polar surface area (TPSA) is 179 Å². The van der Waals surface area contributed by atoms with Crippen molar-refractivity contribution in [3.63, 3.8) is 0 Å². The minimum Gasteiger partial charge on any atom is -0.511 e. The van der Waals surface area contributed by atoms with Crippen LogP contribution in [0.25, 0.3) is 5.76 Å². The molecule has 2 amide bonds. The van der Waals surface area contributed by atoms with Crippen LogP contribution in [0.15, 0.2) is 23.0 Å². The molecule has 1 unspecified atom stereocenters. The third-order valence-electron chi connectivity index (χ3n) is 6.89. The number of fused-ring (bicyclic) bond motifs is 3. The maximum Gasteiger partial charge on any atom is 0.255 e. The molecule has 192 valence electrons. The number of primary amides is 1. The van der Waals surface area contributed by atoms with Crippen molar-refractivity contribution in [2.24, 2.45) is 23.5 Å². The lowest BCUT2D eigenvalue weighted by Crippen LogP contribution is -2.44. The Morgan fingerprint density at radius 2 is 1.83 bits per heavy atom. The predicted octanol–water partition coefficient (Wildman–Crippen LogP) is 1.77. The number of ketones is 2. The van der Waals surface area contributed by atoms with Crippen molar-refractivity contribution in [3.8, 4) is 5.75 Å². The summed E-state index contributed by atoms with van der Waals surface area (Å²) < 4.78 is 15.1. The van der Waals surface area contributed by atoms with Gasteiger partial charge >= 0.3 is 0 Å². The Morgan fingerprint density at radius 1 is 1.17 bits per heavy atom. The van der Waals surface area contributed by atoms with Crippen LogP contribution in [0.2, 0.25) is 0 Å². The second-order valence-corrected chi connectivity index (χ2v) is 10.5. The number of hydrogen-bond donors (Lipinski definition) is 6. The molecule has 0 heterocycles. The van der Waals surface area contributed by atoms with Crippen LogP contribution in [0.1, 0.15) is 44.7 Å². The summed E-state index contributed by atoms with van der Waals surface area (Å²) in [4.78, 5) is 49.7. The zero-order valence-electron chi connectivity index (χ0n) is 20.1. The van der Waals surface area contributed by atoms with Gasteiger partial charge in [0.25, 0.3) is 5.91 Å². The molecule has 0 spiro atoms. The molecule has 0 aliphatic heterocycles. The maximum atomic E-state index is 15.1. The van der Waals surface area contributed by atoms with E-state index in [0.29, 0.717) is 0 Å². The molecule has 1 aromatic rings. The molecular weight excluding hydrogens is 473 g/mol. The molecule has 11 heteroatoms. The van der Waals surface area contributed by atoms with E-state index in [1.807, 2.05) is 20.8 Å². The van der Waals surface area contributed by atoms with Crippen molar-refractivity contribution >= 4 is 34.8 Å². The summed E-state index contributed by atoms with van der Waals surface area (Å²) in [6.45, 7) is 5.43. The smallest absolute Gasteiger partial charge is 0.255 e. The van der Waals surface area contributed by atoms with Gasteiger partial charge in [-0.2, -0.15) is 0 Å². The molecule has 4 rings (SSSR count). The molecule has 0 aromatic heterocycles. The summed E-state index contributed by atoms with van der Waals surface area (Å²) in [5.41, 5.74) is 3.44. The molecule has 3 aliphatic carbocycles. The van der Waals surface area contributed by atoms with E-state index in [1.165, 1.54) is 0 Å². The number of carbonyl (C=O) groups excluding carboxylic acids is 4. The standard InChI is InChI=1S/C25H28FN3O7/c1-25(2,3)28-8-15(31)29-13-7-12(26)11-5-9-4-10-6-14(30)19(24(27)36)23(35)17(10)21(33)16(9)22(34)18(11)20(13)32/h7,9-10,17,28,32,34-35H,4-6,8H2,1-3H3,(H2,27,36)(H,29,31)/t9?,10-,17+/m0/s1. The molecule has 3 atom stereocenters. The number of phenolic OH excluding ortho intramolecular Hbond substituents is 1. The fourth-order valence-electron chi connectivity index (χ4n) is 5.30. The van der Waals surface area contributed by atoms with Gasteiger partial charge in [0.2, 0.25) is 5.91 Å². The van der Waals surface area contributed by atoms with Crippen LogP contribution in [0.3, 0.4) is 0 Å². The van der Waals surface area contributed by atoms with Crippen LogP contribution >= 0.6 is 0 Å². The number of carbonyl (C=O) groups is 4. The third kappa shape index (κ3) is 4.23. The molecule has 36 heavy (non-hydrogen) atoms. The van der Waals surface area contributed by atoms with E-state index < -0.39 is 69.8 Å². The van der Waals surface area contributed by atoms with Gasteiger partial charge in [0, 0.05) is 29.2 Å². The van der Waals surface area contributed by atoms with Gasteiger partial charge in [-0.3, -0.25) is 19.2 Å². The quantitative estimate of drug-likeness (QED) is 0.267. The lowest BCUT2D eigenvalue weighted by molar-refractivity contribution is -0.127. The van der Waals surface area contributed by atoms with Gasteiger partial charge in [0.05, 0.1) is 23.7 Å². The van der Waals surface area contributed by atoms with Crippen LogP contribution in [-0.4, -0.2) is 50.8 Å². The number of aliphatic hydroxyl groups excluding tert-OH is 2. The van der Waals surface area contributed by atoms with Gasteiger partial charge in [-0.25, -0.2) is 4.39 Å². The molecule has 7 N–H and O–H groups in total. The van der Waals surface area contributed by atoms with Crippen molar-refractivity contribution in [3.05, 3.63) is 39.9 Å². The number of aliphatic hydroxyl groups is 2. The first-order valence-electron chi connectivity index (χ1n) is 11.5. The van der Waals surface area contributed by atoms with Gasteiger partial charge in [0.15, 0.2) is 17.3 Å². The van der Waals surface area contributed by atoms with Crippen molar-refractivity contribution in [2.45, 2.75) is 45.6 Å². The average Bonchev–Trinajstić information content (AvgIpc) is 2.74. The van der Waals surface area contributed by atoms with Crippen molar-refractivity contribution in [2.75, 3.05) is 11.9 Å². The fourth-order valence-corrected chi connectivity index (χ4v) is 5.30. The number of Topliss-reactive ketones (excluding diaryl/α,β-unsaturated/α-hetero) is 2. The molecule has 1 fully saturated rings. The van der Waals surface area contributed by atoms with Crippen LogP contribution in [-0.2, 0) is 25.6 Å². The maximum absolute atomic E-state index is 15.1. The zero-order chi connectivity index (χ0) is 26.7. The number of anilines is 1. The normalized spacial score (nSPS) is 23.7. The predicted molar refractivity (Wildman–Crippen MR) is 126 cm³/mol. The number of allylic oxidation sites excluding steroid dienone is 2. The number of benzene rings is 1. The monoisotopic (exact) mass is 501 g/mol. The molecule has 0 saturated heterocycles. The largest absolute Gasteiger partial charge is 0.511 e. The highest BCUT2D eigenvalue weighted by Crippen LogP contribution is 2.51. The summed E-state index contributed by atoms with van der Waals surface area (Å²) in [5, 5.41) is 37.8. The van der Waals surface area contributed by atoms with E-state index in [0.717, 1.165) is 6.07 Å². The molecule has 0 radical (unpaired) electrons. The Hall–Kier alpha value is -3.73. The first-order valence-corrected chi connectivity index (χ1v) is 11.5. The molecule has 1 aromatic carbocycles. The number of nitrogens with one attached hydrogen (secondary N) is 2. The Bertz CT molecular complexity index is 1280. The molecule has 0 bridgehead atoms. The summed E-state index contributed by atoms with van der Waals surface area (Å²) in [6.07, 6.45) is -0.0874. The van der Waals surface area contributed by atoms with Crippen LogP contribution < -0.4 is 16.4 Å². The van der Waals surface area contributed by atoms with Gasteiger partial charge in [0.1, 0.15) is 22.9 Å². The highest BCUT2D eigenvalue weighted by molar-refractivity contribution is 6.21. The fraction of sp³-hybridized carbons (Fsp3) is 0.440. The van der Waals surface area contributed by atoms with Gasteiger partial charge in [-0.05, 0) is 45.4 Å². The first-order chi connectivity index (χ1) is 16.7. The summed E-state index contributed by atoms with van der Waals surface area (Å²) in [6, 6.07) is 0.951. The van der Waals surface area contributed by atoms with E-state index in [1.54, 1.807) is 0 Å². The lowest BCUT2D eigenvalue weighted by Gasteiger charge is -2.41. The molecule has 3 aliphatic rings. The molecule has 10 nitrogen and oxygen atoms in total. The first kappa shape index (κ1) is 25.4. The number of nitrogens with two attached hydrogens (primary N) is 1. The van der Waals surface area contributed by atoms with Crippen molar-refractivity contribution < 1.29 is 38.9 Å². The minimum atomic E-state index is -1.27. The highest BCUT2D eigenvalue weighted by atomic mass is 19.1. The summed E-state index contributed by atoms with van der Waals surface area (Å²) in [5.74, 6) is -8.51. The zero-order valence-corrected chi connectivity index (χ0v) is 20.1. The molecule has 1 saturated carbocycles. The van der Waals surface area contributed by atoms with Gasteiger partial charge in [-0.1, -0.05) is 0 Å². The van der Waals surface area contributed by atoms with E-state index in [4.69, 9.17) is 5.73 Å². The Morgan fingerprint density at radius 3 is 2.44 bits per heavy atom. The lowest BCUT2D eigenvalue weighted by atomic mass is 9.61. The third-order valence-corrected chi connectivity index (χ3v) is 6.89. The second kappa shape index (κ2) is 8.74. The number of halogens is 1. The average molecular weight is 502 g/mol. The van der Waals surface area contributed by atoms with Crippen molar-refractivity contribution in [1.29, 1.82) is 0 Å². The molecular formula is C25H28FN3O7. The SMILES string of the molecule is CC(C)(C)NCC(=O)Nc1cc(F)c2c(c1O)C(O)=C1C(=O)[C@@H]3C(O)=C(C(N)=O)C(=O)C[C@@H]3CC1C2. The van der Waals surface area contributed by atoms with E-state index >= 15 is 4.39 Å². The Kier molecular flexibility index (Phi) is 6.16. The van der Waals surface area contributed by atoms with E-state index in [-0.39, 0.29) is 53.7 Å².